The quantitative estimate of drug-likeness (QED) is 0.660. The Bertz CT molecular complexity index is 990. The van der Waals surface area contributed by atoms with E-state index >= 15 is 0 Å². The van der Waals surface area contributed by atoms with Gasteiger partial charge in [0.15, 0.2) is 10.8 Å². The molecule has 0 unspecified atom stereocenters. The minimum Gasteiger partial charge on any atom is -0.379 e. The molecule has 1 saturated heterocycles. The van der Waals surface area contributed by atoms with E-state index in [0.29, 0.717) is 12.2 Å². The molecule has 0 bridgehead atoms. The van der Waals surface area contributed by atoms with Gasteiger partial charge in [-0.15, -0.1) is 0 Å². The average molecular weight is 400 g/mol. The van der Waals surface area contributed by atoms with Gasteiger partial charge in [-0.2, -0.15) is 5.10 Å². The van der Waals surface area contributed by atoms with Crippen LogP contribution < -0.4 is 4.90 Å². The third kappa shape index (κ3) is 3.80. The topological polar surface area (TPSA) is 63.5 Å². The number of thiazole rings is 1. The van der Waals surface area contributed by atoms with E-state index in [2.05, 4.69) is 29.1 Å². The summed E-state index contributed by atoms with van der Waals surface area (Å²) in [6.45, 7) is 8.61. The molecule has 0 aliphatic carbocycles. The van der Waals surface area contributed by atoms with Crippen LogP contribution in [0.5, 0.6) is 0 Å². The Morgan fingerprint density at radius 2 is 2.04 bits per heavy atom. The van der Waals surface area contributed by atoms with Gasteiger partial charge in [0.2, 0.25) is 0 Å². The molecule has 0 atom stereocenters. The van der Waals surface area contributed by atoms with Crippen molar-refractivity contribution in [3.05, 3.63) is 41.2 Å². The lowest BCUT2D eigenvalue weighted by molar-refractivity contribution is 0.0391. The van der Waals surface area contributed by atoms with Crippen molar-refractivity contribution in [3.8, 4) is 0 Å². The fourth-order valence-electron chi connectivity index (χ4n) is 3.49. The van der Waals surface area contributed by atoms with Crippen molar-refractivity contribution in [2.45, 2.75) is 13.8 Å². The highest BCUT2D eigenvalue weighted by Gasteiger charge is 2.26. The second-order valence-corrected chi connectivity index (χ2v) is 8.17. The molecule has 2 aromatic heterocycles. The van der Waals surface area contributed by atoms with Gasteiger partial charge in [0.25, 0.3) is 5.91 Å². The van der Waals surface area contributed by atoms with E-state index in [1.165, 1.54) is 0 Å². The van der Waals surface area contributed by atoms with Crippen molar-refractivity contribution in [3.63, 3.8) is 0 Å². The Hall–Kier alpha value is -2.29. The number of amides is 1. The molecule has 28 heavy (non-hydrogen) atoms. The number of carbonyl (C=O) groups excluding carboxylic acids is 1. The van der Waals surface area contributed by atoms with Crippen LogP contribution in [0.1, 0.15) is 21.6 Å². The molecule has 1 aromatic carbocycles. The Balaban J connectivity index is 1.66. The van der Waals surface area contributed by atoms with E-state index in [9.17, 15) is 4.79 Å². The molecule has 3 aromatic rings. The fourth-order valence-corrected chi connectivity index (χ4v) is 4.55. The number of hydrogen-bond donors (Lipinski definition) is 0. The number of ether oxygens (including phenoxy) is 1. The highest BCUT2D eigenvalue weighted by Crippen LogP contribution is 2.31. The van der Waals surface area contributed by atoms with Gasteiger partial charge in [-0.1, -0.05) is 23.5 Å². The van der Waals surface area contributed by atoms with Crippen LogP contribution in [0.4, 0.5) is 5.13 Å². The van der Waals surface area contributed by atoms with Crippen LogP contribution in [0.25, 0.3) is 10.2 Å². The van der Waals surface area contributed by atoms with E-state index in [-0.39, 0.29) is 5.91 Å². The van der Waals surface area contributed by atoms with E-state index in [1.807, 2.05) is 26.2 Å². The van der Waals surface area contributed by atoms with Crippen LogP contribution in [0.2, 0.25) is 0 Å². The predicted octanol–water partition coefficient (Wildman–Crippen LogP) is 2.63. The van der Waals surface area contributed by atoms with Gasteiger partial charge >= 0.3 is 0 Å². The highest BCUT2D eigenvalue weighted by atomic mass is 32.1. The third-order valence-corrected chi connectivity index (χ3v) is 6.09. The fraction of sp³-hybridized carbons (Fsp3) is 0.450. The maximum absolute atomic E-state index is 13.4. The first-order chi connectivity index (χ1) is 13.5. The van der Waals surface area contributed by atoms with Crippen molar-refractivity contribution < 1.29 is 9.53 Å². The minimum absolute atomic E-state index is 0.0944. The second-order valence-electron chi connectivity index (χ2n) is 7.16. The number of carbonyl (C=O) groups is 1. The molecule has 0 saturated carbocycles. The molecule has 148 valence electrons. The first-order valence-corrected chi connectivity index (χ1v) is 10.3. The van der Waals surface area contributed by atoms with Crippen molar-refractivity contribution in [1.82, 2.24) is 19.7 Å². The number of benzene rings is 1. The Labute approximate surface area is 168 Å². The van der Waals surface area contributed by atoms with Crippen LogP contribution in [-0.4, -0.2) is 65.0 Å². The summed E-state index contributed by atoms with van der Waals surface area (Å²) in [6.07, 6.45) is 1.87. The van der Waals surface area contributed by atoms with Gasteiger partial charge in [0.05, 0.1) is 23.4 Å². The number of aromatic nitrogens is 3. The molecule has 8 heteroatoms. The van der Waals surface area contributed by atoms with E-state index < -0.39 is 0 Å². The monoisotopic (exact) mass is 399 g/mol. The molecule has 3 heterocycles. The molecule has 1 aliphatic heterocycles. The van der Waals surface area contributed by atoms with Gasteiger partial charge in [0.1, 0.15) is 0 Å². The molecule has 0 N–H and O–H groups in total. The smallest absolute Gasteiger partial charge is 0.280 e. The van der Waals surface area contributed by atoms with E-state index in [0.717, 1.165) is 59.3 Å². The summed E-state index contributed by atoms with van der Waals surface area (Å²) in [7, 11) is 1.84. The summed E-state index contributed by atoms with van der Waals surface area (Å²) >= 11 is 1.56. The number of nitrogens with zero attached hydrogens (tertiary/aromatic N) is 5. The molecule has 1 fully saturated rings. The summed E-state index contributed by atoms with van der Waals surface area (Å²) in [5, 5.41) is 5.12. The zero-order valence-electron chi connectivity index (χ0n) is 16.5. The van der Waals surface area contributed by atoms with Gasteiger partial charge in [0, 0.05) is 45.0 Å². The molecule has 1 amide bonds. The second kappa shape index (κ2) is 7.98. The molecule has 0 spiro atoms. The zero-order valence-corrected chi connectivity index (χ0v) is 17.3. The lowest BCUT2D eigenvalue weighted by Crippen LogP contribution is -2.43. The SMILES string of the molecule is Cc1cn(C)nc1C(=O)N(CCN1CCOCC1)c1nc2c(C)cccc2s1. The first kappa shape index (κ1) is 19.0. The van der Waals surface area contributed by atoms with Crippen molar-refractivity contribution in [2.75, 3.05) is 44.3 Å². The number of para-hydroxylation sites is 1. The van der Waals surface area contributed by atoms with Gasteiger partial charge in [-0.3, -0.25) is 19.3 Å². The minimum atomic E-state index is -0.0944. The average Bonchev–Trinajstić information content (AvgIpc) is 3.26. The van der Waals surface area contributed by atoms with Crippen molar-refractivity contribution in [1.29, 1.82) is 0 Å². The van der Waals surface area contributed by atoms with Crippen molar-refractivity contribution >= 4 is 32.6 Å². The van der Waals surface area contributed by atoms with Crippen LogP contribution in [-0.2, 0) is 11.8 Å². The lowest BCUT2D eigenvalue weighted by atomic mass is 10.2. The summed E-state index contributed by atoms with van der Waals surface area (Å²) in [4.78, 5) is 22.3. The number of hydrogen-bond acceptors (Lipinski definition) is 6. The largest absolute Gasteiger partial charge is 0.379 e. The number of aryl methyl sites for hydroxylation is 3. The number of rotatable bonds is 5. The molecule has 7 nitrogen and oxygen atoms in total. The molecular weight excluding hydrogens is 374 g/mol. The summed E-state index contributed by atoms with van der Waals surface area (Å²) in [6, 6.07) is 6.14. The van der Waals surface area contributed by atoms with Crippen LogP contribution >= 0.6 is 11.3 Å². The highest BCUT2D eigenvalue weighted by molar-refractivity contribution is 7.22. The molecular formula is C20H25N5O2S. The Morgan fingerprint density at radius 3 is 2.71 bits per heavy atom. The molecule has 1 aliphatic rings. The maximum Gasteiger partial charge on any atom is 0.280 e. The normalized spacial score (nSPS) is 15.2. The van der Waals surface area contributed by atoms with E-state index in [4.69, 9.17) is 9.72 Å². The summed E-state index contributed by atoms with van der Waals surface area (Å²) in [5.41, 5.74) is 3.45. The van der Waals surface area contributed by atoms with E-state index in [1.54, 1.807) is 20.9 Å². The Morgan fingerprint density at radius 1 is 1.25 bits per heavy atom. The first-order valence-electron chi connectivity index (χ1n) is 9.51. The van der Waals surface area contributed by atoms with Gasteiger partial charge < -0.3 is 4.74 Å². The third-order valence-electron chi connectivity index (χ3n) is 5.04. The lowest BCUT2D eigenvalue weighted by Gasteiger charge is -2.29. The number of fused-ring (bicyclic) bond motifs is 1. The zero-order chi connectivity index (χ0) is 19.7. The summed E-state index contributed by atoms with van der Waals surface area (Å²) < 4.78 is 8.21. The van der Waals surface area contributed by atoms with Gasteiger partial charge in [-0.25, -0.2) is 4.98 Å². The van der Waals surface area contributed by atoms with Crippen molar-refractivity contribution in [2.24, 2.45) is 7.05 Å². The van der Waals surface area contributed by atoms with Crippen LogP contribution in [0.15, 0.2) is 24.4 Å². The van der Waals surface area contributed by atoms with Crippen LogP contribution in [0.3, 0.4) is 0 Å². The molecule has 0 radical (unpaired) electrons. The number of morpholine rings is 1. The van der Waals surface area contributed by atoms with Crippen LogP contribution in [0, 0.1) is 13.8 Å². The van der Waals surface area contributed by atoms with Gasteiger partial charge in [-0.05, 0) is 25.5 Å². The standard InChI is InChI=1S/C20H25N5O2S/c1-14-5-4-6-16-17(14)21-20(28-16)25(8-7-24-9-11-27-12-10-24)19(26)18-15(2)13-23(3)22-18/h4-6,13H,7-12H2,1-3H3. The summed E-state index contributed by atoms with van der Waals surface area (Å²) in [5.74, 6) is -0.0944. The number of anilines is 1. The predicted molar refractivity (Wildman–Crippen MR) is 111 cm³/mol. The maximum atomic E-state index is 13.4. The Kier molecular flexibility index (Phi) is 5.43. The molecule has 4 rings (SSSR count).